The first-order valence-corrected chi connectivity index (χ1v) is 16.4. The van der Waals surface area contributed by atoms with Crippen LogP contribution in [0.15, 0.2) is 24.3 Å². The van der Waals surface area contributed by atoms with Gasteiger partial charge in [-0.2, -0.15) is 12.6 Å². The van der Waals surface area contributed by atoms with Crippen LogP contribution < -0.4 is 51.6 Å². The third-order valence-corrected chi connectivity index (χ3v) is 6.53. The molecule has 1 rings (SSSR count). The Morgan fingerprint density at radius 1 is 0.696 bits per heavy atom. The number of carbonyl (C=O) groups is 9. The van der Waals surface area contributed by atoms with Gasteiger partial charge in [0, 0.05) is 12.2 Å². The second kappa shape index (κ2) is 29.8. The smallest absolute Gasteiger partial charge is 0.334 e. The Kier molecular flexibility index (Phi) is 29.2. The lowest BCUT2D eigenvalue weighted by Crippen LogP contribution is -2.47. The Morgan fingerprint density at radius 3 is 1.59 bits per heavy atom. The lowest BCUT2D eigenvalue weighted by Gasteiger charge is -2.20. The van der Waals surface area contributed by atoms with Gasteiger partial charge in [-0.05, 0) is 37.5 Å². The molecule has 0 bridgehead atoms. The van der Waals surface area contributed by atoms with Crippen molar-refractivity contribution in [2.75, 3.05) is 18.9 Å². The van der Waals surface area contributed by atoms with E-state index < -0.39 is 102 Å². The summed E-state index contributed by atoms with van der Waals surface area (Å²) >= 11 is 3.77. The van der Waals surface area contributed by atoms with Crippen LogP contribution in [0.2, 0.25) is 0 Å². The average molecular weight is 826 g/mol. The maximum Gasteiger partial charge on any atom is 0.334 e. The summed E-state index contributed by atoms with van der Waals surface area (Å²) in [5.74, 6) is -7.99. The highest BCUT2D eigenvalue weighted by Crippen LogP contribution is 2.12. The number of rotatable bonds is 19. The van der Waals surface area contributed by atoms with Gasteiger partial charge >= 0.3 is 41.8 Å². The zero-order valence-electron chi connectivity index (χ0n) is 30.1. The van der Waals surface area contributed by atoms with Crippen LogP contribution in [0.1, 0.15) is 31.7 Å². The Hall–Kier alpha value is -5.48. The van der Waals surface area contributed by atoms with Gasteiger partial charge in [0.25, 0.3) is 0 Å². The number of benzene rings is 1. The molecule has 0 radical (unpaired) electrons. The third kappa shape index (κ3) is 28.0. The zero-order chi connectivity index (χ0) is 44.3. The number of primary amides is 2. The van der Waals surface area contributed by atoms with E-state index in [1.54, 1.807) is 12.1 Å². The van der Waals surface area contributed by atoms with Gasteiger partial charge in [-0.15, -0.1) is 0 Å². The number of nitrogens with two attached hydrogens (primary N) is 9. The van der Waals surface area contributed by atoms with Crippen LogP contribution in [0.25, 0.3) is 0 Å². The molecule has 1 aromatic carbocycles. The van der Waals surface area contributed by atoms with Crippen molar-refractivity contribution in [3.05, 3.63) is 29.8 Å². The van der Waals surface area contributed by atoms with Crippen LogP contribution in [0.5, 0.6) is 5.75 Å². The minimum atomic E-state index is -1.34. The Labute approximate surface area is 324 Å². The van der Waals surface area contributed by atoms with E-state index in [0.717, 1.165) is 5.56 Å². The molecule has 1 aromatic rings. The molecule has 22 N–H and O–H groups in total. The van der Waals surface area contributed by atoms with Gasteiger partial charge in [-0.1, -0.05) is 12.1 Å². The van der Waals surface area contributed by atoms with Crippen molar-refractivity contribution >= 4 is 66.2 Å². The molecule has 0 aliphatic carbocycles. The molecule has 318 valence electrons. The fourth-order valence-corrected chi connectivity index (χ4v) is 3.03. The van der Waals surface area contributed by atoms with Gasteiger partial charge in [0.15, 0.2) is 0 Å². The number of carbonyl (C=O) groups excluding carboxylic acids is 6. The van der Waals surface area contributed by atoms with E-state index in [1.807, 2.05) is 0 Å². The number of aromatic hydroxyl groups is 1. The van der Waals surface area contributed by atoms with Gasteiger partial charge in [0.1, 0.15) is 54.7 Å². The number of aliphatic carboxylic acids is 3. The number of thiol groups is 1. The largest absolute Gasteiger partial charge is 0.508 e. The number of amides is 2. The molecule has 7 atom stereocenters. The fraction of sp³-hybridized carbons (Fsp3) is 0.500. The second-order valence-electron chi connectivity index (χ2n) is 11.1. The number of hydrogen-bond donors (Lipinski definition) is 14. The molecule has 0 aliphatic rings. The van der Waals surface area contributed by atoms with Crippen LogP contribution >= 0.6 is 12.6 Å². The lowest BCUT2D eigenvalue weighted by atomic mass is 10.1. The molecule has 0 fully saturated rings. The molecule has 0 heterocycles. The van der Waals surface area contributed by atoms with E-state index >= 15 is 0 Å². The summed E-state index contributed by atoms with van der Waals surface area (Å²) in [6, 6.07) is -0.347. The molecule has 25 nitrogen and oxygen atoms in total. The molecule has 0 spiro atoms. The standard InChI is InChI=1S/C15H21N3O6.C6H12N2O4S.C5H10N2O3.C4H8N2O3/c1-8(13(18)15(22)24-12(20)7-16)23-14(21)11(17)6-9-2-4-10(19)5-3-9;7-3(5(9)10)1-12-6(11)4(8)2-13;6-3(5(9)10)1-2-4(7)8;5-2(4(8)9)1-3(6)7/h2-5,8,11,13,19H,6-7,16-18H2,1H3;3-4,13H,1-2,7-8H2,(H,9,10);3H,1-2,6H2,(H2,7,8)(H,9,10);2H,1,5H2,(H2,6,7)(H,8,9)/t8-,11+,13+;3-,4-;3-;2-/m1000/s1. The minimum absolute atomic E-state index is 0.0213. The maximum absolute atomic E-state index is 11.9. The van der Waals surface area contributed by atoms with Crippen LogP contribution in [-0.2, 0) is 63.8 Å². The zero-order valence-corrected chi connectivity index (χ0v) is 31.0. The summed E-state index contributed by atoms with van der Waals surface area (Å²) in [5.41, 5.74) is 46.7. The van der Waals surface area contributed by atoms with Gasteiger partial charge in [0.05, 0.1) is 13.0 Å². The summed E-state index contributed by atoms with van der Waals surface area (Å²) < 4.78 is 13.9. The van der Waals surface area contributed by atoms with Crippen molar-refractivity contribution < 1.29 is 77.8 Å². The number of ether oxygens (including phenoxy) is 3. The highest BCUT2D eigenvalue weighted by Gasteiger charge is 2.29. The van der Waals surface area contributed by atoms with Crippen molar-refractivity contribution in [2.24, 2.45) is 51.6 Å². The second-order valence-corrected chi connectivity index (χ2v) is 11.4. The first-order chi connectivity index (χ1) is 25.8. The first kappa shape index (κ1) is 54.9. The third-order valence-electron chi connectivity index (χ3n) is 6.13. The number of phenolic OH excluding ortho intramolecular Hbond substituents is 1. The highest BCUT2D eigenvalue weighted by atomic mass is 32.1. The van der Waals surface area contributed by atoms with Crippen molar-refractivity contribution in [1.29, 1.82) is 0 Å². The average Bonchev–Trinajstić information content (AvgIpc) is 3.12. The number of carboxylic acids is 3. The molecule has 0 unspecified atom stereocenters. The van der Waals surface area contributed by atoms with Crippen LogP contribution in [-0.4, -0.2) is 135 Å². The Morgan fingerprint density at radius 2 is 1.20 bits per heavy atom. The molecular weight excluding hydrogens is 774 g/mol. The van der Waals surface area contributed by atoms with Crippen LogP contribution in [0.4, 0.5) is 0 Å². The molecule has 26 heteroatoms. The van der Waals surface area contributed by atoms with Crippen molar-refractivity contribution in [1.82, 2.24) is 0 Å². The lowest BCUT2D eigenvalue weighted by molar-refractivity contribution is -0.164. The predicted molar refractivity (Wildman–Crippen MR) is 195 cm³/mol. The van der Waals surface area contributed by atoms with E-state index in [2.05, 4.69) is 27.8 Å². The predicted octanol–water partition coefficient (Wildman–Crippen LogP) is -6.31. The van der Waals surface area contributed by atoms with Gasteiger partial charge in [-0.25, -0.2) is 4.79 Å². The highest BCUT2D eigenvalue weighted by molar-refractivity contribution is 7.80. The minimum Gasteiger partial charge on any atom is -0.508 e. The van der Waals surface area contributed by atoms with Crippen LogP contribution in [0.3, 0.4) is 0 Å². The Bertz CT molecular complexity index is 1450. The molecule has 0 aromatic heterocycles. The summed E-state index contributed by atoms with van der Waals surface area (Å²) in [4.78, 5) is 95.5. The van der Waals surface area contributed by atoms with Gasteiger partial charge < -0.3 is 86.2 Å². The summed E-state index contributed by atoms with van der Waals surface area (Å²) in [6.07, 6.45) is -1.05. The summed E-state index contributed by atoms with van der Waals surface area (Å²) in [6.45, 7) is 0.532. The summed E-state index contributed by atoms with van der Waals surface area (Å²) in [7, 11) is 0. The first-order valence-electron chi connectivity index (χ1n) is 15.8. The quantitative estimate of drug-likeness (QED) is 0.0267. The SMILES string of the molecule is C[C@@H](OC(=O)[C@@H](N)Cc1ccc(O)cc1)[C@H](N)C(=O)OC(=O)CN.NC(=O)CC[C@H](N)C(=O)O.NC(=O)C[C@H](N)C(=O)O.N[C@@H](COC(=O)[C@@H](N)CS)C(=O)O. The molecule has 56 heavy (non-hydrogen) atoms. The van der Waals surface area contributed by atoms with Gasteiger partial charge in [-0.3, -0.25) is 38.4 Å². The van der Waals surface area contributed by atoms with E-state index in [1.165, 1.54) is 19.1 Å². The van der Waals surface area contributed by atoms with E-state index in [0.29, 0.717) is 0 Å². The van der Waals surface area contributed by atoms with Crippen molar-refractivity contribution in [2.45, 2.75) is 75.0 Å². The van der Waals surface area contributed by atoms with E-state index in [4.69, 9.17) is 65.9 Å². The fourth-order valence-electron chi connectivity index (χ4n) is 2.88. The van der Waals surface area contributed by atoms with Crippen LogP contribution in [0, 0.1) is 0 Å². The summed E-state index contributed by atoms with van der Waals surface area (Å²) in [5, 5.41) is 33.8. The monoisotopic (exact) mass is 825 g/mol. The number of carboxylic acid groups (broad SMARTS) is 3. The maximum atomic E-state index is 11.9. The molecule has 0 saturated heterocycles. The number of esters is 4. The molecular formula is C30H51N9O16S. The molecule has 0 aliphatic heterocycles. The Balaban J connectivity index is -0.000000739. The molecule has 0 saturated carbocycles. The van der Waals surface area contributed by atoms with Crippen molar-refractivity contribution in [3.8, 4) is 5.75 Å². The van der Waals surface area contributed by atoms with Gasteiger partial charge in [0.2, 0.25) is 11.8 Å². The normalized spacial score (nSPS) is 13.8. The number of phenols is 1. The van der Waals surface area contributed by atoms with Crippen molar-refractivity contribution in [3.63, 3.8) is 0 Å². The van der Waals surface area contributed by atoms with E-state index in [9.17, 15) is 48.3 Å². The topological polar surface area (TPSA) is 496 Å². The number of hydrogen-bond acceptors (Lipinski definition) is 21. The van der Waals surface area contributed by atoms with E-state index in [-0.39, 0.29) is 43.8 Å². The molecule has 2 amide bonds.